The predicted molar refractivity (Wildman–Crippen MR) is 137 cm³/mol. The van der Waals surface area contributed by atoms with E-state index in [1.54, 1.807) is 23.6 Å². The third-order valence-corrected chi connectivity index (χ3v) is 6.25. The lowest BCUT2D eigenvalue weighted by Crippen LogP contribution is -2.38. The highest BCUT2D eigenvalue weighted by atomic mass is 35.5. The number of hydrogen-bond donors (Lipinski definition) is 1. The van der Waals surface area contributed by atoms with Crippen molar-refractivity contribution in [2.75, 3.05) is 26.8 Å². The van der Waals surface area contributed by atoms with Crippen LogP contribution in [0.15, 0.2) is 48.7 Å². The minimum absolute atomic E-state index is 0. The second-order valence-electron chi connectivity index (χ2n) is 8.67. The molecule has 1 aliphatic heterocycles. The van der Waals surface area contributed by atoms with E-state index in [4.69, 9.17) is 15.5 Å². The Morgan fingerprint density at radius 1 is 1.11 bits per heavy atom. The number of likely N-dealkylation sites (tertiary alicyclic amines) is 1. The average Bonchev–Trinajstić information content (AvgIpc) is 3.42. The standard InChI is InChI=1S/C24H25F3N6O.2ClH/c1-34-11-9-15-2-3-16-4-6-19(29-20(16)12-15)23-31-30-21-7-5-17(13-33(21)23)22(24(25,26)27)32-10-8-18(28)14-32;;/h2-7,12-13,18,22H,8-11,14,28H2,1H3;2*1H/t18?,22-;;/m1../s1. The van der Waals surface area contributed by atoms with Gasteiger partial charge in [0.15, 0.2) is 11.5 Å². The fourth-order valence-electron chi connectivity index (χ4n) is 4.56. The number of ether oxygens (including phenoxy) is 1. The first-order chi connectivity index (χ1) is 16.3. The van der Waals surface area contributed by atoms with Gasteiger partial charge in [-0.05, 0) is 42.2 Å². The van der Waals surface area contributed by atoms with Gasteiger partial charge >= 0.3 is 6.18 Å². The molecule has 12 heteroatoms. The van der Waals surface area contributed by atoms with E-state index in [-0.39, 0.29) is 43.0 Å². The van der Waals surface area contributed by atoms with Gasteiger partial charge in [-0.2, -0.15) is 13.2 Å². The van der Waals surface area contributed by atoms with Gasteiger partial charge in [0, 0.05) is 37.8 Å². The largest absolute Gasteiger partial charge is 0.408 e. The van der Waals surface area contributed by atoms with Gasteiger partial charge in [0.2, 0.25) is 0 Å². The number of benzene rings is 1. The second kappa shape index (κ2) is 11.3. The van der Waals surface area contributed by atoms with Gasteiger partial charge in [0.25, 0.3) is 0 Å². The summed E-state index contributed by atoms with van der Waals surface area (Å²) >= 11 is 0. The van der Waals surface area contributed by atoms with E-state index in [1.165, 1.54) is 17.2 Å². The molecule has 5 rings (SSSR count). The van der Waals surface area contributed by atoms with Crippen molar-refractivity contribution in [3.63, 3.8) is 0 Å². The van der Waals surface area contributed by atoms with Gasteiger partial charge in [0.1, 0.15) is 11.7 Å². The maximum atomic E-state index is 14.1. The van der Waals surface area contributed by atoms with Gasteiger partial charge in [-0.15, -0.1) is 35.0 Å². The first-order valence-electron chi connectivity index (χ1n) is 11.1. The first kappa shape index (κ1) is 28.1. The van der Waals surface area contributed by atoms with Gasteiger partial charge in [-0.1, -0.05) is 24.3 Å². The molecule has 0 saturated carbocycles. The van der Waals surface area contributed by atoms with Crippen molar-refractivity contribution in [2.45, 2.75) is 31.1 Å². The number of nitrogens with two attached hydrogens (primary N) is 1. The Morgan fingerprint density at radius 2 is 1.89 bits per heavy atom. The van der Waals surface area contributed by atoms with E-state index in [2.05, 4.69) is 10.2 Å². The van der Waals surface area contributed by atoms with Crippen LogP contribution in [0.2, 0.25) is 0 Å². The van der Waals surface area contributed by atoms with Gasteiger partial charge in [0.05, 0.1) is 12.1 Å². The number of alkyl halides is 3. The molecule has 36 heavy (non-hydrogen) atoms. The minimum Gasteiger partial charge on any atom is -0.384 e. The molecule has 0 spiro atoms. The molecule has 1 aromatic carbocycles. The lowest BCUT2D eigenvalue weighted by Gasteiger charge is -2.30. The first-order valence-corrected chi connectivity index (χ1v) is 11.1. The zero-order valence-electron chi connectivity index (χ0n) is 19.5. The maximum Gasteiger partial charge on any atom is 0.408 e. The van der Waals surface area contributed by atoms with Crippen LogP contribution in [0.5, 0.6) is 0 Å². The van der Waals surface area contributed by atoms with Crippen molar-refractivity contribution in [3.05, 3.63) is 59.8 Å². The number of pyridine rings is 2. The Bertz CT molecular complexity index is 1330. The lowest BCUT2D eigenvalue weighted by molar-refractivity contribution is -0.183. The summed E-state index contributed by atoms with van der Waals surface area (Å²) in [4.78, 5) is 6.13. The molecule has 1 fully saturated rings. The molecule has 1 aliphatic rings. The summed E-state index contributed by atoms with van der Waals surface area (Å²) in [6, 6.07) is 10.8. The van der Waals surface area contributed by atoms with Crippen LogP contribution in [0.1, 0.15) is 23.6 Å². The smallest absolute Gasteiger partial charge is 0.384 e. The Hall–Kier alpha value is -2.50. The Morgan fingerprint density at radius 3 is 2.58 bits per heavy atom. The molecule has 0 radical (unpaired) electrons. The number of fused-ring (bicyclic) bond motifs is 2. The molecule has 3 aromatic heterocycles. The normalized spacial score (nSPS) is 17.2. The van der Waals surface area contributed by atoms with Crippen LogP contribution < -0.4 is 5.73 Å². The zero-order chi connectivity index (χ0) is 23.9. The molecule has 4 aromatic rings. The van der Waals surface area contributed by atoms with Crippen LogP contribution >= 0.6 is 24.8 Å². The van der Waals surface area contributed by atoms with Crippen LogP contribution in [0, 0.1) is 0 Å². The highest BCUT2D eigenvalue weighted by molar-refractivity contribution is 5.85. The molecule has 0 amide bonds. The van der Waals surface area contributed by atoms with Crippen molar-refractivity contribution >= 4 is 41.4 Å². The summed E-state index contributed by atoms with van der Waals surface area (Å²) in [5.74, 6) is 0.389. The van der Waals surface area contributed by atoms with Crippen LogP contribution in [-0.4, -0.2) is 63.5 Å². The van der Waals surface area contributed by atoms with E-state index in [9.17, 15) is 13.2 Å². The molecule has 2 atom stereocenters. The molecular formula is C24H27Cl2F3N6O. The molecule has 0 aliphatic carbocycles. The fraction of sp³-hybridized carbons (Fsp3) is 0.375. The summed E-state index contributed by atoms with van der Waals surface area (Å²) in [7, 11) is 1.66. The number of halogens is 5. The molecule has 1 saturated heterocycles. The fourth-order valence-corrected chi connectivity index (χ4v) is 4.56. The third-order valence-electron chi connectivity index (χ3n) is 6.25. The highest BCUT2D eigenvalue weighted by Crippen LogP contribution is 2.39. The number of aromatic nitrogens is 4. The van der Waals surface area contributed by atoms with E-state index in [1.807, 2.05) is 24.3 Å². The van der Waals surface area contributed by atoms with Crippen molar-refractivity contribution < 1.29 is 17.9 Å². The monoisotopic (exact) mass is 542 g/mol. The molecule has 2 N–H and O–H groups in total. The quantitative estimate of drug-likeness (QED) is 0.383. The van der Waals surface area contributed by atoms with Crippen molar-refractivity contribution in [2.24, 2.45) is 5.73 Å². The Kier molecular flexibility index (Phi) is 8.79. The number of nitrogens with zero attached hydrogens (tertiary/aromatic N) is 5. The molecular weight excluding hydrogens is 516 g/mol. The summed E-state index contributed by atoms with van der Waals surface area (Å²) in [5.41, 5.74) is 8.87. The average molecular weight is 543 g/mol. The predicted octanol–water partition coefficient (Wildman–Crippen LogP) is 4.61. The summed E-state index contributed by atoms with van der Waals surface area (Å²) < 4.78 is 49.0. The topological polar surface area (TPSA) is 81.6 Å². The third kappa shape index (κ3) is 5.57. The van der Waals surface area contributed by atoms with E-state index < -0.39 is 12.2 Å². The van der Waals surface area contributed by atoms with Crippen molar-refractivity contribution in [1.82, 2.24) is 24.5 Å². The second-order valence-corrected chi connectivity index (χ2v) is 8.67. The minimum atomic E-state index is -4.44. The van der Waals surface area contributed by atoms with E-state index >= 15 is 0 Å². The molecule has 0 bridgehead atoms. The lowest BCUT2D eigenvalue weighted by atomic mass is 10.1. The Balaban J connectivity index is 0.00000180. The SMILES string of the molecule is COCCc1ccc2ccc(-c3nnc4ccc([C@@H](N5CCC(N)C5)C(F)(F)F)cn34)nc2c1.Cl.Cl. The summed E-state index contributed by atoms with van der Waals surface area (Å²) in [5, 5.41) is 9.34. The zero-order valence-corrected chi connectivity index (χ0v) is 21.1. The van der Waals surface area contributed by atoms with Crippen LogP contribution in [0.3, 0.4) is 0 Å². The van der Waals surface area contributed by atoms with Gasteiger partial charge in [-0.25, -0.2) is 4.98 Å². The number of hydrogen-bond acceptors (Lipinski definition) is 6. The van der Waals surface area contributed by atoms with Crippen LogP contribution in [0.25, 0.3) is 28.1 Å². The van der Waals surface area contributed by atoms with E-state index in [0.717, 1.165) is 22.9 Å². The van der Waals surface area contributed by atoms with Gasteiger partial charge in [-0.3, -0.25) is 9.30 Å². The number of rotatable bonds is 6. The highest BCUT2D eigenvalue weighted by Gasteiger charge is 2.46. The molecule has 194 valence electrons. The summed E-state index contributed by atoms with van der Waals surface area (Å²) in [6.07, 6.45) is -1.67. The van der Waals surface area contributed by atoms with Crippen molar-refractivity contribution in [3.8, 4) is 11.5 Å². The number of methoxy groups -OCH3 is 1. The molecule has 1 unspecified atom stereocenters. The Labute approximate surface area is 218 Å². The van der Waals surface area contributed by atoms with E-state index in [0.29, 0.717) is 36.7 Å². The van der Waals surface area contributed by atoms with Crippen LogP contribution in [-0.2, 0) is 11.2 Å². The van der Waals surface area contributed by atoms with Crippen molar-refractivity contribution in [1.29, 1.82) is 0 Å². The molecule has 7 nitrogen and oxygen atoms in total. The van der Waals surface area contributed by atoms with Crippen LogP contribution in [0.4, 0.5) is 13.2 Å². The maximum absolute atomic E-state index is 14.1. The van der Waals surface area contributed by atoms with Gasteiger partial charge < -0.3 is 10.5 Å². The molecule has 4 heterocycles. The summed E-state index contributed by atoms with van der Waals surface area (Å²) in [6.45, 7) is 1.11.